The summed E-state index contributed by atoms with van der Waals surface area (Å²) < 4.78 is 0.790. The number of benzene rings is 1. The first-order valence-corrected chi connectivity index (χ1v) is 6.93. The molecule has 1 amide bonds. The summed E-state index contributed by atoms with van der Waals surface area (Å²) in [5, 5.41) is 1.87. The number of hydrogen-bond donors (Lipinski definition) is 0. The first kappa shape index (κ1) is 11.6. The predicted octanol–water partition coefficient (Wildman–Crippen LogP) is 2.64. The Morgan fingerprint density at radius 1 is 1.33 bits per heavy atom. The van der Waals surface area contributed by atoms with Gasteiger partial charge < -0.3 is 0 Å². The van der Waals surface area contributed by atoms with E-state index in [1.807, 2.05) is 11.4 Å². The lowest BCUT2D eigenvalue weighted by Crippen LogP contribution is -2.29. The van der Waals surface area contributed by atoms with E-state index in [-0.39, 0.29) is 0 Å². The van der Waals surface area contributed by atoms with Gasteiger partial charge in [-0.1, -0.05) is 15.9 Å². The van der Waals surface area contributed by atoms with Crippen LogP contribution < -0.4 is 4.90 Å². The van der Waals surface area contributed by atoms with Gasteiger partial charge in [-0.25, -0.2) is 4.98 Å². The summed E-state index contributed by atoms with van der Waals surface area (Å²) >= 11 is 4.77. The van der Waals surface area contributed by atoms with Crippen LogP contribution in [0.15, 0.2) is 33.6 Å². The van der Waals surface area contributed by atoms with E-state index in [1.165, 1.54) is 16.2 Å². The zero-order chi connectivity index (χ0) is 12.7. The van der Waals surface area contributed by atoms with E-state index in [0.29, 0.717) is 17.8 Å². The molecule has 2 heterocycles. The van der Waals surface area contributed by atoms with Crippen molar-refractivity contribution in [2.24, 2.45) is 0 Å². The zero-order valence-corrected chi connectivity index (χ0v) is 11.5. The summed E-state index contributed by atoms with van der Waals surface area (Å²) in [5.41, 5.74) is 3.60. The second-order valence-corrected chi connectivity index (χ2v) is 5.50. The average Bonchev–Trinajstić information content (AvgIpc) is 2.94. The molecule has 1 aliphatic rings. The Hall–Kier alpha value is -1.53. The summed E-state index contributed by atoms with van der Waals surface area (Å²) in [7, 11) is 0. The Bertz CT molecular complexity index is 640. The first-order valence-electron chi connectivity index (χ1n) is 5.19. The number of thiazole rings is 1. The minimum atomic E-state index is -0.490. The van der Waals surface area contributed by atoms with Gasteiger partial charge in [0.25, 0.3) is 11.7 Å². The highest BCUT2D eigenvalue weighted by molar-refractivity contribution is 9.10. The lowest BCUT2D eigenvalue weighted by molar-refractivity contribution is -0.114. The van der Waals surface area contributed by atoms with Gasteiger partial charge in [-0.3, -0.25) is 14.5 Å². The maximum absolute atomic E-state index is 11.9. The summed E-state index contributed by atoms with van der Waals surface area (Å²) in [6.07, 6.45) is 0. The number of anilines is 1. The van der Waals surface area contributed by atoms with E-state index < -0.39 is 11.7 Å². The number of amides is 1. The van der Waals surface area contributed by atoms with E-state index in [9.17, 15) is 9.59 Å². The van der Waals surface area contributed by atoms with Crippen molar-refractivity contribution in [1.82, 2.24) is 4.98 Å². The fourth-order valence-electron chi connectivity index (χ4n) is 1.91. The van der Waals surface area contributed by atoms with Gasteiger partial charge in [0.05, 0.1) is 29.0 Å². The predicted molar refractivity (Wildman–Crippen MR) is 71.8 cm³/mol. The monoisotopic (exact) mass is 322 g/mol. The number of fused-ring (bicyclic) bond motifs is 1. The van der Waals surface area contributed by atoms with Gasteiger partial charge in [-0.15, -0.1) is 11.3 Å². The van der Waals surface area contributed by atoms with Gasteiger partial charge in [-0.2, -0.15) is 0 Å². The van der Waals surface area contributed by atoms with Crippen molar-refractivity contribution in [2.45, 2.75) is 6.54 Å². The number of rotatable bonds is 2. The molecule has 0 spiro atoms. The Kier molecular flexibility index (Phi) is 2.76. The molecule has 0 saturated carbocycles. The minimum absolute atomic E-state index is 0.336. The van der Waals surface area contributed by atoms with E-state index in [4.69, 9.17) is 0 Å². The lowest BCUT2D eigenvalue weighted by Gasteiger charge is -2.14. The van der Waals surface area contributed by atoms with Crippen LogP contribution in [0.1, 0.15) is 16.1 Å². The largest absolute Gasteiger partial charge is 0.299 e. The molecule has 0 atom stereocenters. The van der Waals surface area contributed by atoms with Gasteiger partial charge in [0.15, 0.2) is 0 Å². The van der Waals surface area contributed by atoms with Gasteiger partial charge in [0.1, 0.15) is 0 Å². The SMILES string of the molecule is O=C1C(=O)N(Cc2cscn2)c2ccc(Br)cc21. The molecule has 90 valence electrons. The molecule has 18 heavy (non-hydrogen) atoms. The molecule has 1 aromatic heterocycles. The summed E-state index contributed by atoms with van der Waals surface area (Å²) in [6, 6.07) is 5.27. The molecule has 0 N–H and O–H groups in total. The van der Waals surface area contributed by atoms with E-state index in [0.717, 1.165) is 10.2 Å². The molecular formula is C12H7BrN2O2S. The number of Topliss-reactive ketones (excluding diaryl/α,β-unsaturated/α-hetero) is 1. The van der Waals surface area contributed by atoms with Crippen LogP contribution in [0.5, 0.6) is 0 Å². The number of ketones is 1. The minimum Gasteiger partial charge on any atom is -0.299 e. The fraction of sp³-hybridized carbons (Fsp3) is 0.0833. The fourth-order valence-corrected chi connectivity index (χ4v) is 2.82. The maximum Gasteiger partial charge on any atom is 0.299 e. The van der Waals surface area contributed by atoms with Crippen LogP contribution in [0.4, 0.5) is 5.69 Å². The maximum atomic E-state index is 11.9. The Morgan fingerprint density at radius 2 is 2.17 bits per heavy atom. The van der Waals surface area contributed by atoms with Crippen molar-refractivity contribution in [3.63, 3.8) is 0 Å². The second kappa shape index (κ2) is 4.29. The molecule has 1 aliphatic heterocycles. The third-order valence-corrected chi connectivity index (χ3v) is 3.87. The van der Waals surface area contributed by atoms with Crippen LogP contribution >= 0.6 is 27.3 Å². The Labute approximate surface area is 115 Å². The Balaban J connectivity index is 2.02. The standard InChI is InChI=1S/C12H7BrN2O2S/c13-7-1-2-10-9(3-7)11(16)12(17)15(10)4-8-5-18-6-14-8/h1-3,5-6H,4H2. The van der Waals surface area contributed by atoms with Gasteiger partial charge in [0, 0.05) is 9.85 Å². The van der Waals surface area contributed by atoms with Gasteiger partial charge in [-0.05, 0) is 18.2 Å². The highest BCUT2D eigenvalue weighted by Gasteiger charge is 2.35. The summed E-state index contributed by atoms with van der Waals surface area (Å²) in [5.74, 6) is -0.947. The highest BCUT2D eigenvalue weighted by Crippen LogP contribution is 2.32. The molecule has 0 aliphatic carbocycles. The first-order chi connectivity index (χ1) is 8.66. The van der Waals surface area contributed by atoms with Crippen LogP contribution in [-0.4, -0.2) is 16.7 Å². The van der Waals surface area contributed by atoms with Crippen LogP contribution in [0.3, 0.4) is 0 Å². The van der Waals surface area contributed by atoms with E-state index >= 15 is 0 Å². The van der Waals surface area contributed by atoms with Gasteiger partial charge in [0.2, 0.25) is 0 Å². The average molecular weight is 323 g/mol. The molecule has 6 heteroatoms. The van der Waals surface area contributed by atoms with Crippen molar-refractivity contribution >= 4 is 44.6 Å². The van der Waals surface area contributed by atoms with Crippen molar-refractivity contribution < 1.29 is 9.59 Å². The van der Waals surface area contributed by atoms with Crippen LogP contribution in [0.25, 0.3) is 0 Å². The van der Waals surface area contributed by atoms with Crippen molar-refractivity contribution in [1.29, 1.82) is 0 Å². The molecule has 0 saturated heterocycles. The number of halogens is 1. The summed E-state index contributed by atoms with van der Waals surface area (Å²) in [4.78, 5) is 29.4. The normalized spacial score (nSPS) is 14.2. The van der Waals surface area contributed by atoms with Crippen LogP contribution in [0, 0.1) is 0 Å². The topological polar surface area (TPSA) is 50.3 Å². The molecule has 1 aromatic carbocycles. The lowest BCUT2D eigenvalue weighted by atomic mass is 10.1. The third-order valence-electron chi connectivity index (χ3n) is 2.74. The second-order valence-electron chi connectivity index (χ2n) is 3.86. The number of aromatic nitrogens is 1. The molecule has 0 radical (unpaired) electrons. The van der Waals surface area contributed by atoms with E-state index in [2.05, 4.69) is 20.9 Å². The molecule has 0 fully saturated rings. The quantitative estimate of drug-likeness (QED) is 0.799. The summed E-state index contributed by atoms with van der Waals surface area (Å²) in [6.45, 7) is 0.336. The zero-order valence-electron chi connectivity index (χ0n) is 9.09. The van der Waals surface area contributed by atoms with E-state index in [1.54, 1.807) is 17.6 Å². The Morgan fingerprint density at radius 3 is 2.89 bits per heavy atom. The molecular weight excluding hydrogens is 316 g/mol. The van der Waals surface area contributed by atoms with Crippen molar-refractivity contribution in [2.75, 3.05) is 4.90 Å². The highest BCUT2D eigenvalue weighted by atomic mass is 79.9. The molecule has 0 bridgehead atoms. The number of carbonyl (C=O) groups is 2. The molecule has 2 aromatic rings. The third kappa shape index (κ3) is 1.77. The number of nitrogens with zero attached hydrogens (tertiary/aromatic N) is 2. The number of hydrogen-bond acceptors (Lipinski definition) is 4. The van der Waals surface area contributed by atoms with Crippen LogP contribution in [0.2, 0.25) is 0 Å². The molecule has 0 unspecified atom stereocenters. The van der Waals surface area contributed by atoms with Crippen LogP contribution in [-0.2, 0) is 11.3 Å². The van der Waals surface area contributed by atoms with Gasteiger partial charge >= 0.3 is 0 Å². The van der Waals surface area contributed by atoms with Crippen molar-refractivity contribution in [3.05, 3.63) is 44.8 Å². The smallest absolute Gasteiger partial charge is 0.299 e. The number of carbonyl (C=O) groups excluding carboxylic acids is 2. The van der Waals surface area contributed by atoms with Crippen molar-refractivity contribution in [3.8, 4) is 0 Å². The molecule has 4 nitrogen and oxygen atoms in total. The molecule has 3 rings (SSSR count).